The third-order valence-corrected chi connectivity index (χ3v) is 3.78. The standard InChI is InChI=1S/C18H19NO2/c1-13-5-8-16(9-6-13)19-18(20)12-21-17-10-7-14-3-2-4-15(14)11-17/h5-11H,2-4,12H2,1H3,(H,19,20). The van der Waals surface area contributed by atoms with Crippen molar-refractivity contribution in [1.29, 1.82) is 0 Å². The number of hydrogen-bond acceptors (Lipinski definition) is 2. The molecule has 1 amide bonds. The van der Waals surface area contributed by atoms with Crippen molar-refractivity contribution in [2.45, 2.75) is 26.2 Å². The summed E-state index contributed by atoms with van der Waals surface area (Å²) in [6, 6.07) is 13.8. The van der Waals surface area contributed by atoms with Crippen LogP contribution in [0.15, 0.2) is 42.5 Å². The molecule has 1 N–H and O–H groups in total. The van der Waals surface area contributed by atoms with Gasteiger partial charge in [0.25, 0.3) is 5.91 Å². The van der Waals surface area contributed by atoms with Crippen molar-refractivity contribution < 1.29 is 9.53 Å². The van der Waals surface area contributed by atoms with Gasteiger partial charge in [-0.3, -0.25) is 4.79 Å². The average molecular weight is 281 g/mol. The van der Waals surface area contributed by atoms with E-state index in [1.54, 1.807) is 0 Å². The summed E-state index contributed by atoms with van der Waals surface area (Å²) in [6.07, 6.45) is 3.48. The molecule has 0 heterocycles. The van der Waals surface area contributed by atoms with Gasteiger partial charge in [-0.05, 0) is 61.6 Å². The van der Waals surface area contributed by atoms with Crippen molar-refractivity contribution in [2.75, 3.05) is 11.9 Å². The van der Waals surface area contributed by atoms with Gasteiger partial charge in [-0.25, -0.2) is 0 Å². The zero-order valence-electron chi connectivity index (χ0n) is 12.2. The van der Waals surface area contributed by atoms with E-state index in [2.05, 4.69) is 17.4 Å². The van der Waals surface area contributed by atoms with E-state index < -0.39 is 0 Å². The van der Waals surface area contributed by atoms with Crippen LogP contribution in [0.4, 0.5) is 5.69 Å². The van der Waals surface area contributed by atoms with Gasteiger partial charge in [0.1, 0.15) is 5.75 Å². The fraction of sp³-hybridized carbons (Fsp3) is 0.278. The fourth-order valence-electron chi connectivity index (χ4n) is 2.62. The molecule has 0 bridgehead atoms. The second-order valence-corrected chi connectivity index (χ2v) is 5.49. The Morgan fingerprint density at radius 2 is 1.86 bits per heavy atom. The minimum atomic E-state index is -0.139. The molecule has 0 aromatic heterocycles. The zero-order chi connectivity index (χ0) is 14.7. The number of carbonyl (C=O) groups is 1. The Hall–Kier alpha value is -2.29. The predicted molar refractivity (Wildman–Crippen MR) is 83.8 cm³/mol. The molecule has 0 saturated heterocycles. The summed E-state index contributed by atoms with van der Waals surface area (Å²) in [7, 11) is 0. The number of benzene rings is 2. The van der Waals surface area contributed by atoms with E-state index in [0.717, 1.165) is 24.3 Å². The minimum Gasteiger partial charge on any atom is -0.484 e. The van der Waals surface area contributed by atoms with E-state index in [1.165, 1.54) is 23.1 Å². The molecule has 0 fully saturated rings. The highest BCUT2D eigenvalue weighted by molar-refractivity contribution is 5.91. The highest BCUT2D eigenvalue weighted by Crippen LogP contribution is 2.25. The molecule has 21 heavy (non-hydrogen) atoms. The van der Waals surface area contributed by atoms with Crippen LogP contribution >= 0.6 is 0 Å². The van der Waals surface area contributed by atoms with E-state index in [0.29, 0.717) is 0 Å². The molecule has 3 rings (SSSR count). The first-order valence-electron chi connectivity index (χ1n) is 7.32. The Balaban J connectivity index is 1.55. The average Bonchev–Trinajstić information content (AvgIpc) is 2.95. The Kier molecular flexibility index (Phi) is 3.91. The van der Waals surface area contributed by atoms with Gasteiger partial charge < -0.3 is 10.1 Å². The van der Waals surface area contributed by atoms with Crippen molar-refractivity contribution in [3.05, 3.63) is 59.2 Å². The van der Waals surface area contributed by atoms with Gasteiger partial charge in [0.2, 0.25) is 0 Å². The van der Waals surface area contributed by atoms with Crippen LogP contribution in [0.1, 0.15) is 23.1 Å². The first-order chi connectivity index (χ1) is 10.2. The van der Waals surface area contributed by atoms with Gasteiger partial charge in [0.15, 0.2) is 6.61 Å². The fourth-order valence-corrected chi connectivity index (χ4v) is 2.62. The van der Waals surface area contributed by atoms with Crippen LogP contribution in [-0.2, 0) is 17.6 Å². The number of fused-ring (bicyclic) bond motifs is 1. The molecule has 0 spiro atoms. The lowest BCUT2D eigenvalue weighted by Gasteiger charge is -2.09. The summed E-state index contributed by atoms with van der Waals surface area (Å²) in [5, 5.41) is 2.83. The summed E-state index contributed by atoms with van der Waals surface area (Å²) in [6.45, 7) is 2.05. The summed E-state index contributed by atoms with van der Waals surface area (Å²) >= 11 is 0. The summed E-state index contributed by atoms with van der Waals surface area (Å²) in [5.74, 6) is 0.633. The third-order valence-electron chi connectivity index (χ3n) is 3.78. The molecule has 0 aliphatic heterocycles. The number of rotatable bonds is 4. The zero-order valence-corrected chi connectivity index (χ0v) is 12.2. The number of hydrogen-bond donors (Lipinski definition) is 1. The highest BCUT2D eigenvalue weighted by atomic mass is 16.5. The molecule has 3 heteroatoms. The van der Waals surface area contributed by atoms with E-state index in [4.69, 9.17) is 4.74 Å². The molecular weight excluding hydrogens is 262 g/mol. The van der Waals surface area contributed by atoms with Crippen LogP contribution in [0.5, 0.6) is 5.75 Å². The monoisotopic (exact) mass is 281 g/mol. The van der Waals surface area contributed by atoms with Gasteiger partial charge in [-0.1, -0.05) is 23.8 Å². The number of anilines is 1. The van der Waals surface area contributed by atoms with Gasteiger partial charge >= 0.3 is 0 Å². The predicted octanol–water partition coefficient (Wildman–Crippen LogP) is 3.50. The Labute approximate surface area is 124 Å². The second-order valence-electron chi connectivity index (χ2n) is 5.49. The number of amides is 1. The molecule has 2 aromatic rings. The van der Waals surface area contributed by atoms with Crippen LogP contribution in [0, 0.1) is 6.92 Å². The smallest absolute Gasteiger partial charge is 0.262 e. The first kappa shape index (κ1) is 13.7. The van der Waals surface area contributed by atoms with Crippen LogP contribution in [-0.4, -0.2) is 12.5 Å². The summed E-state index contributed by atoms with van der Waals surface area (Å²) in [4.78, 5) is 11.9. The molecule has 0 unspecified atom stereocenters. The number of nitrogens with one attached hydrogen (secondary N) is 1. The van der Waals surface area contributed by atoms with Crippen LogP contribution in [0.3, 0.4) is 0 Å². The molecule has 2 aromatic carbocycles. The van der Waals surface area contributed by atoms with Crippen molar-refractivity contribution in [3.63, 3.8) is 0 Å². The number of carbonyl (C=O) groups excluding carboxylic acids is 1. The second kappa shape index (κ2) is 6.00. The third kappa shape index (κ3) is 3.43. The van der Waals surface area contributed by atoms with Crippen LogP contribution < -0.4 is 10.1 Å². The number of ether oxygens (including phenoxy) is 1. The maximum Gasteiger partial charge on any atom is 0.262 e. The van der Waals surface area contributed by atoms with Crippen molar-refractivity contribution in [1.82, 2.24) is 0 Å². The Morgan fingerprint density at radius 1 is 1.10 bits per heavy atom. The Bertz CT molecular complexity index is 647. The minimum absolute atomic E-state index is 0.0344. The van der Waals surface area contributed by atoms with Crippen molar-refractivity contribution >= 4 is 11.6 Å². The molecular formula is C18H19NO2. The van der Waals surface area contributed by atoms with Gasteiger partial charge in [-0.2, -0.15) is 0 Å². The SMILES string of the molecule is Cc1ccc(NC(=O)COc2ccc3c(c2)CCC3)cc1. The first-order valence-corrected chi connectivity index (χ1v) is 7.32. The molecule has 1 aliphatic rings. The van der Waals surface area contributed by atoms with E-state index in [1.807, 2.05) is 37.3 Å². The molecule has 0 saturated carbocycles. The maximum atomic E-state index is 11.9. The molecule has 0 radical (unpaired) electrons. The van der Waals surface area contributed by atoms with Gasteiger partial charge in [-0.15, -0.1) is 0 Å². The summed E-state index contributed by atoms with van der Waals surface area (Å²) in [5.41, 5.74) is 4.73. The Morgan fingerprint density at radius 3 is 2.67 bits per heavy atom. The maximum absolute atomic E-state index is 11.9. The molecule has 3 nitrogen and oxygen atoms in total. The van der Waals surface area contributed by atoms with E-state index >= 15 is 0 Å². The van der Waals surface area contributed by atoms with Crippen LogP contribution in [0.2, 0.25) is 0 Å². The molecule has 108 valence electrons. The van der Waals surface area contributed by atoms with Crippen molar-refractivity contribution in [3.8, 4) is 5.75 Å². The van der Waals surface area contributed by atoms with Crippen molar-refractivity contribution in [2.24, 2.45) is 0 Å². The lowest BCUT2D eigenvalue weighted by Crippen LogP contribution is -2.20. The molecule has 0 atom stereocenters. The van der Waals surface area contributed by atoms with Gasteiger partial charge in [0.05, 0.1) is 0 Å². The topological polar surface area (TPSA) is 38.3 Å². The number of aryl methyl sites for hydroxylation is 3. The quantitative estimate of drug-likeness (QED) is 0.931. The highest BCUT2D eigenvalue weighted by Gasteiger charge is 2.11. The summed E-state index contributed by atoms with van der Waals surface area (Å²) < 4.78 is 5.58. The van der Waals surface area contributed by atoms with E-state index in [9.17, 15) is 4.79 Å². The van der Waals surface area contributed by atoms with Crippen LogP contribution in [0.25, 0.3) is 0 Å². The normalized spacial score (nSPS) is 12.8. The van der Waals surface area contributed by atoms with Gasteiger partial charge in [0, 0.05) is 5.69 Å². The largest absolute Gasteiger partial charge is 0.484 e. The lowest BCUT2D eigenvalue weighted by molar-refractivity contribution is -0.118. The molecule has 1 aliphatic carbocycles. The van der Waals surface area contributed by atoms with E-state index in [-0.39, 0.29) is 12.5 Å². The lowest BCUT2D eigenvalue weighted by atomic mass is 10.1.